The highest BCUT2D eigenvalue weighted by Crippen LogP contribution is 2.31. The van der Waals surface area contributed by atoms with E-state index in [4.69, 9.17) is 16.6 Å². The standard InChI is InChI=1S/C24H25ClN6/c1-16-24(25)20(5-7-27-16)18-2-3-21-22(13-18)30-23(29-21)14-19-12-17(4-6-28-19)15-31-10-8-26-9-11-31/h2-7,12-13,26H,8-11,14-15H2,1H3,(H,29,30). The van der Waals surface area contributed by atoms with Gasteiger partial charge < -0.3 is 10.3 Å². The Morgan fingerprint density at radius 1 is 1.03 bits per heavy atom. The normalized spacial score (nSPS) is 14.9. The first-order chi connectivity index (χ1) is 15.2. The molecule has 1 aliphatic heterocycles. The summed E-state index contributed by atoms with van der Waals surface area (Å²) in [5, 5.41) is 4.09. The number of aryl methyl sites for hydroxylation is 1. The maximum Gasteiger partial charge on any atom is 0.113 e. The number of nitrogens with one attached hydrogen (secondary N) is 2. The van der Waals surface area contributed by atoms with Crippen LogP contribution in [0.4, 0.5) is 0 Å². The molecule has 0 amide bonds. The van der Waals surface area contributed by atoms with Gasteiger partial charge in [0.1, 0.15) is 5.82 Å². The molecule has 3 aromatic heterocycles. The molecule has 0 radical (unpaired) electrons. The molecule has 0 saturated carbocycles. The van der Waals surface area contributed by atoms with E-state index in [1.54, 1.807) is 6.20 Å². The molecule has 0 atom stereocenters. The van der Waals surface area contributed by atoms with Crippen LogP contribution in [0.5, 0.6) is 0 Å². The number of benzene rings is 1. The molecule has 0 unspecified atom stereocenters. The third-order valence-electron chi connectivity index (χ3n) is 5.75. The average molecular weight is 433 g/mol. The Bertz CT molecular complexity index is 1210. The number of H-pyrrole nitrogens is 1. The summed E-state index contributed by atoms with van der Waals surface area (Å²) < 4.78 is 0. The zero-order valence-corrected chi connectivity index (χ0v) is 18.3. The first-order valence-corrected chi connectivity index (χ1v) is 11.0. The number of hydrogen-bond acceptors (Lipinski definition) is 5. The molecule has 1 aliphatic rings. The summed E-state index contributed by atoms with van der Waals surface area (Å²) in [4.78, 5) is 19.5. The molecule has 1 fully saturated rings. The molecule has 0 bridgehead atoms. The van der Waals surface area contributed by atoms with E-state index < -0.39 is 0 Å². The van der Waals surface area contributed by atoms with Gasteiger partial charge >= 0.3 is 0 Å². The van der Waals surface area contributed by atoms with Crippen LogP contribution in [0.1, 0.15) is 22.8 Å². The predicted molar refractivity (Wildman–Crippen MR) is 124 cm³/mol. The number of pyridine rings is 2. The summed E-state index contributed by atoms with van der Waals surface area (Å²) in [7, 11) is 0. The fraction of sp³-hybridized carbons (Fsp3) is 0.292. The predicted octanol–water partition coefficient (Wildman–Crippen LogP) is 3.98. The van der Waals surface area contributed by atoms with Crippen molar-refractivity contribution in [2.75, 3.05) is 26.2 Å². The van der Waals surface area contributed by atoms with Gasteiger partial charge in [-0.2, -0.15) is 0 Å². The van der Waals surface area contributed by atoms with Gasteiger partial charge in [0.2, 0.25) is 0 Å². The second-order valence-corrected chi connectivity index (χ2v) is 8.41. The molecule has 0 aliphatic carbocycles. The van der Waals surface area contributed by atoms with Gasteiger partial charge in [0.25, 0.3) is 0 Å². The van der Waals surface area contributed by atoms with Crippen molar-refractivity contribution in [3.8, 4) is 11.1 Å². The van der Waals surface area contributed by atoms with Crippen LogP contribution in [-0.2, 0) is 13.0 Å². The van der Waals surface area contributed by atoms with Gasteiger partial charge in [-0.05, 0) is 48.4 Å². The number of nitrogens with zero attached hydrogens (tertiary/aromatic N) is 4. The Morgan fingerprint density at radius 3 is 2.74 bits per heavy atom. The second-order valence-electron chi connectivity index (χ2n) is 8.03. The number of aromatic amines is 1. The first kappa shape index (κ1) is 20.1. The van der Waals surface area contributed by atoms with Crippen LogP contribution in [0.3, 0.4) is 0 Å². The van der Waals surface area contributed by atoms with Crippen LogP contribution in [0.25, 0.3) is 22.2 Å². The topological polar surface area (TPSA) is 69.7 Å². The number of hydrogen-bond donors (Lipinski definition) is 2. The van der Waals surface area contributed by atoms with E-state index in [1.807, 2.05) is 25.3 Å². The van der Waals surface area contributed by atoms with Crippen molar-refractivity contribution in [1.82, 2.24) is 30.2 Å². The van der Waals surface area contributed by atoms with Crippen LogP contribution in [-0.4, -0.2) is 51.0 Å². The zero-order valence-electron chi connectivity index (χ0n) is 17.5. The van der Waals surface area contributed by atoms with Gasteiger partial charge in [-0.15, -0.1) is 0 Å². The number of fused-ring (bicyclic) bond motifs is 1. The minimum Gasteiger partial charge on any atom is -0.342 e. The molecule has 6 nitrogen and oxygen atoms in total. The van der Waals surface area contributed by atoms with Crippen molar-refractivity contribution in [1.29, 1.82) is 0 Å². The Hall–Kier alpha value is -2.80. The van der Waals surface area contributed by atoms with Crippen molar-refractivity contribution in [3.63, 3.8) is 0 Å². The van der Waals surface area contributed by atoms with Gasteiger partial charge in [0.15, 0.2) is 0 Å². The molecule has 0 spiro atoms. The molecule has 1 saturated heterocycles. The summed E-state index contributed by atoms with van der Waals surface area (Å²) in [6, 6.07) is 12.4. The van der Waals surface area contributed by atoms with Crippen LogP contribution in [0.15, 0.2) is 48.8 Å². The highest BCUT2D eigenvalue weighted by atomic mass is 35.5. The molecule has 1 aromatic carbocycles. The van der Waals surface area contributed by atoms with Crippen molar-refractivity contribution < 1.29 is 0 Å². The number of halogens is 1. The van der Waals surface area contributed by atoms with Crippen LogP contribution in [0, 0.1) is 6.92 Å². The van der Waals surface area contributed by atoms with E-state index in [0.29, 0.717) is 11.4 Å². The Labute approximate surface area is 186 Å². The van der Waals surface area contributed by atoms with Crippen LogP contribution < -0.4 is 5.32 Å². The largest absolute Gasteiger partial charge is 0.342 e. The van der Waals surface area contributed by atoms with E-state index in [9.17, 15) is 0 Å². The molecule has 4 heterocycles. The maximum atomic E-state index is 6.47. The van der Waals surface area contributed by atoms with E-state index in [-0.39, 0.29) is 0 Å². The highest BCUT2D eigenvalue weighted by molar-refractivity contribution is 6.33. The first-order valence-electron chi connectivity index (χ1n) is 10.6. The van der Waals surface area contributed by atoms with Gasteiger partial charge in [-0.25, -0.2) is 4.98 Å². The second kappa shape index (κ2) is 8.75. The molecule has 5 rings (SSSR count). The minimum absolute atomic E-state index is 0.675. The molecule has 31 heavy (non-hydrogen) atoms. The van der Waals surface area contributed by atoms with Gasteiger partial charge in [-0.1, -0.05) is 17.7 Å². The lowest BCUT2D eigenvalue weighted by molar-refractivity contribution is 0.233. The van der Waals surface area contributed by atoms with E-state index in [1.165, 1.54) is 5.56 Å². The summed E-state index contributed by atoms with van der Waals surface area (Å²) in [5.74, 6) is 0.913. The summed E-state index contributed by atoms with van der Waals surface area (Å²) >= 11 is 6.47. The molecular formula is C24H25ClN6. The van der Waals surface area contributed by atoms with Crippen molar-refractivity contribution in [3.05, 3.63) is 76.6 Å². The van der Waals surface area contributed by atoms with Gasteiger partial charge in [0.05, 0.1) is 21.7 Å². The Balaban J connectivity index is 1.36. The number of imidazole rings is 1. The van der Waals surface area contributed by atoms with Crippen molar-refractivity contribution in [2.24, 2.45) is 0 Å². The number of aromatic nitrogens is 4. The molecule has 7 heteroatoms. The van der Waals surface area contributed by atoms with Gasteiger partial charge in [0, 0.05) is 62.8 Å². The number of rotatable bonds is 5. The van der Waals surface area contributed by atoms with E-state index in [0.717, 1.165) is 72.1 Å². The lowest BCUT2D eigenvalue weighted by atomic mass is 10.1. The highest BCUT2D eigenvalue weighted by Gasteiger charge is 2.12. The molecule has 4 aromatic rings. The van der Waals surface area contributed by atoms with Crippen molar-refractivity contribution >= 4 is 22.6 Å². The third kappa shape index (κ3) is 4.46. The lowest BCUT2D eigenvalue weighted by Crippen LogP contribution is -2.42. The van der Waals surface area contributed by atoms with E-state index in [2.05, 4.69) is 49.4 Å². The molecule has 2 N–H and O–H groups in total. The Kier molecular flexibility index (Phi) is 5.68. The zero-order chi connectivity index (χ0) is 21.2. The third-order valence-corrected chi connectivity index (χ3v) is 6.23. The lowest BCUT2D eigenvalue weighted by Gasteiger charge is -2.27. The summed E-state index contributed by atoms with van der Waals surface area (Å²) in [6.45, 7) is 7.18. The van der Waals surface area contributed by atoms with E-state index >= 15 is 0 Å². The number of piperazine rings is 1. The molecule has 158 valence electrons. The fourth-order valence-electron chi connectivity index (χ4n) is 4.11. The summed E-state index contributed by atoms with van der Waals surface area (Å²) in [6.07, 6.45) is 4.37. The minimum atomic E-state index is 0.675. The molecular weight excluding hydrogens is 408 g/mol. The van der Waals surface area contributed by atoms with Crippen LogP contribution >= 0.6 is 11.6 Å². The summed E-state index contributed by atoms with van der Waals surface area (Å²) in [5.41, 5.74) is 7.13. The smallest absolute Gasteiger partial charge is 0.113 e. The van der Waals surface area contributed by atoms with Crippen LogP contribution in [0.2, 0.25) is 5.02 Å². The fourth-order valence-corrected chi connectivity index (χ4v) is 4.33. The maximum absolute atomic E-state index is 6.47. The quantitative estimate of drug-likeness (QED) is 0.499. The monoisotopic (exact) mass is 432 g/mol. The van der Waals surface area contributed by atoms with Crippen molar-refractivity contribution in [2.45, 2.75) is 19.9 Å². The SMILES string of the molecule is Cc1nccc(-c2ccc3nc(Cc4cc(CN5CCNCC5)ccn4)[nH]c3c2)c1Cl. The Morgan fingerprint density at radius 2 is 1.87 bits per heavy atom. The van der Waals surface area contributed by atoms with Gasteiger partial charge in [-0.3, -0.25) is 14.9 Å². The average Bonchev–Trinajstić information content (AvgIpc) is 3.18.